The largest absolute Gasteiger partial charge is 0.485 e. The molecule has 0 aliphatic rings. The van der Waals surface area contributed by atoms with Crippen molar-refractivity contribution in [2.75, 3.05) is 0 Å². The lowest BCUT2D eigenvalue weighted by Crippen LogP contribution is -2.13. The normalized spacial score (nSPS) is 11.6. The fraction of sp³-hybridized carbons (Fsp3) is 0.467. The molecule has 0 spiro atoms. The van der Waals surface area contributed by atoms with Gasteiger partial charge < -0.3 is 9.26 Å². The zero-order valence-electron chi connectivity index (χ0n) is 11.9. The number of ether oxygens (including phenoxy) is 1. The third-order valence-electron chi connectivity index (χ3n) is 2.86. The minimum atomic E-state index is 0.0441. The van der Waals surface area contributed by atoms with E-state index in [1.807, 2.05) is 25.1 Å². The van der Waals surface area contributed by atoms with Crippen molar-refractivity contribution in [3.63, 3.8) is 0 Å². The van der Waals surface area contributed by atoms with Gasteiger partial charge in [0.15, 0.2) is 6.61 Å². The van der Waals surface area contributed by atoms with Crippen LogP contribution in [0.3, 0.4) is 0 Å². The Bertz CT molecular complexity index is 541. The quantitative estimate of drug-likeness (QED) is 0.844. The third-order valence-corrected chi connectivity index (χ3v) is 2.86. The molecule has 0 amide bonds. The molecule has 0 bridgehead atoms. The summed E-state index contributed by atoms with van der Waals surface area (Å²) in [6.45, 7) is 8.81. The molecule has 2 rings (SSSR count). The van der Waals surface area contributed by atoms with Crippen LogP contribution in [0.5, 0.6) is 5.75 Å². The molecule has 19 heavy (non-hydrogen) atoms. The van der Waals surface area contributed by atoms with Crippen LogP contribution in [0.15, 0.2) is 28.8 Å². The first-order chi connectivity index (χ1) is 9.00. The molecule has 102 valence electrons. The molecule has 0 N–H and O–H groups in total. The van der Waals surface area contributed by atoms with Crippen molar-refractivity contribution < 1.29 is 9.26 Å². The summed E-state index contributed by atoms with van der Waals surface area (Å²) < 4.78 is 10.9. The van der Waals surface area contributed by atoms with Gasteiger partial charge >= 0.3 is 0 Å². The van der Waals surface area contributed by atoms with Gasteiger partial charge in [0.25, 0.3) is 0 Å². The minimum absolute atomic E-state index is 0.0441. The highest BCUT2D eigenvalue weighted by atomic mass is 16.5. The van der Waals surface area contributed by atoms with E-state index in [4.69, 9.17) is 9.26 Å². The molecule has 0 atom stereocenters. The maximum absolute atomic E-state index is 5.82. The standard InChI is InChI=1S/C15H20N2O2/c1-5-14-16-13(17-19-14)10-18-12-9-7-6-8-11(12)15(2,3)4/h6-9H,5,10H2,1-4H3. The molecule has 0 fully saturated rings. The summed E-state index contributed by atoms with van der Waals surface area (Å²) in [6, 6.07) is 8.06. The predicted octanol–water partition coefficient (Wildman–Crippen LogP) is 3.51. The average Bonchev–Trinajstić information content (AvgIpc) is 2.83. The Kier molecular flexibility index (Phi) is 3.88. The summed E-state index contributed by atoms with van der Waals surface area (Å²) in [6.07, 6.45) is 0.742. The van der Waals surface area contributed by atoms with Crippen molar-refractivity contribution in [2.24, 2.45) is 0 Å². The van der Waals surface area contributed by atoms with Crippen LogP contribution in [0.4, 0.5) is 0 Å². The Hall–Kier alpha value is -1.84. The summed E-state index contributed by atoms with van der Waals surface area (Å²) in [5, 5.41) is 3.88. The maximum atomic E-state index is 5.82. The van der Waals surface area contributed by atoms with Crippen molar-refractivity contribution in [2.45, 2.75) is 46.1 Å². The van der Waals surface area contributed by atoms with Gasteiger partial charge in [0.1, 0.15) is 5.75 Å². The van der Waals surface area contributed by atoms with E-state index in [-0.39, 0.29) is 5.41 Å². The van der Waals surface area contributed by atoms with Crippen LogP contribution in [0, 0.1) is 0 Å². The summed E-state index contributed by atoms with van der Waals surface area (Å²) in [5.74, 6) is 2.10. The first kappa shape index (κ1) is 13.6. The van der Waals surface area contributed by atoms with Gasteiger partial charge in [-0.15, -0.1) is 0 Å². The second-order valence-electron chi connectivity index (χ2n) is 5.49. The van der Waals surface area contributed by atoms with Crippen LogP contribution in [-0.2, 0) is 18.4 Å². The fourth-order valence-electron chi connectivity index (χ4n) is 1.85. The molecular weight excluding hydrogens is 240 g/mol. The first-order valence-electron chi connectivity index (χ1n) is 6.54. The number of nitrogens with zero attached hydrogens (tertiary/aromatic N) is 2. The van der Waals surface area contributed by atoms with Crippen LogP contribution in [0.25, 0.3) is 0 Å². The fourth-order valence-corrected chi connectivity index (χ4v) is 1.85. The molecule has 1 aromatic carbocycles. The molecule has 0 aliphatic carbocycles. The highest BCUT2D eigenvalue weighted by molar-refractivity contribution is 5.38. The van der Waals surface area contributed by atoms with Gasteiger partial charge in [0.05, 0.1) is 0 Å². The van der Waals surface area contributed by atoms with Crippen molar-refractivity contribution in [1.29, 1.82) is 0 Å². The van der Waals surface area contributed by atoms with Crippen LogP contribution >= 0.6 is 0 Å². The van der Waals surface area contributed by atoms with E-state index < -0.39 is 0 Å². The zero-order valence-corrected chi connectivity index (χ0v) is 11.9. The van der Waals surface area contributed by atoms with Gasteiger partial charge in [0, 0.05) is 6.42 Å². The van der Waals surface area contributed by atoms with Gasteiger partial charge in [-0.1, -0.05) is 51.1 Å². The minimum Gasteiger partial charge on any atom is -0.485 e. The van der Waals surface area contributed by atoms with Gasteiger partial charge in [-0.05, 0) is 17.0 Å². The molecule has 1 heterocycles. The predicted molar refractivity (Wildman–Crippen MR) is 73.2 cm³/mol. The molecule has 4 nitrogen and oxygen atoms in total. The van der Waals surface area contributed by atoms with Crippen LogP contribution in [-0.4, -0.2) is 10.1 Å². The summed E-state index contributed by atoms with van der Waals surface area (Å²) in [5.41, 5.74) is 1.22. The second-order valence-corrected chi connectivity index (χ2v) is 5.49. The van der Waals surface area contributed by atoms with Gasteiger partial charge in [-0.2, -0.15) is 4.98 Å². The van der Waals surface area contributed by atoms with E-state index in [1.165, 1.54) is 5.56 Å². The Morgan fingerprint density at radius 3 is 2.58 bits per heavy atom. The number of hydrogen-bond donors (Lipinski definition) is 0. The third kappa shape index (κ3) is 3.34. The SMILES string of the molecule is CCc1nc(COc2ccccc2C(C)(C)C)no1. The smallest absolute Gasteiger partial charge is 0.226 e. The Balaban J connectivity index is 2.11. The monoisotopic (exact) mass is 260 g/mol. The van der Waals surface area contributed by atoms with Gasteiger partial charge in [0.2, 0.25) is 11.7 Å². The number of aromatic nitrogens is 2. The number of para-hydroxylation sites is 1. The number of aryl methyl sites for hydroxylation is 1. The molecular formula is C15H20N2O2. The lowest BCUT2D eigenvalue weighted by molar-refractivity contribution is 0.278. The van der Waals surface area contributed by atoms with Crippen molar-refractivity contribution >= 4 is 0 Å². The van der Waals surface area contributed by atoms with Crippen molar-refractivity contribution in [3.05, 3.63) is 41.5 Å². The molecule has 0 saturated carbocycles. The van der Waals surface area contributed by atoms with E-state index in [0.29, 0.717) is 18.3 Å². The summed E-state index contributed by atoms with van der Waals surface area (Å²) in [4.78, 5) is 4.23. The molecule has 0 radical (unpaired) electrons. The zero-order chi connectivity index (χ0) is 13.9. The number of hydrogen-bond acceptors (Lipinski definition) is 4. The molecule has 2 aromatic rings. The lowest BCUT2D eigenvalue weighted by Gasteiger charge is -2.22. The number of rotatable bonds is 4. The van der Waals surface area contributed by atoms with E-state index in [9.17, 15) is 0 Å². The summed E-state index contributed by atoms with van der Waals surface area (Å²) >= 11 is 0. The number of benzene rings is 1. The maximum Gasteiger partial charge on any atom is 0.226 e. The van der Waals surface area contributed by atoms with E-state index in [1.54, 1.807) is 0 Å². The molecule has 0 aliphatic heterocycles. The van der Waals surface area contributed by atoms with Gasteiger partial charge in [-0.3, -0.25) is 0 Å². The highest BCUT2D eigenvalue weighted by Gasteiger charge is 2.18. The van der Waals surface area contributed by atoms with Crippen molar-refractivity contribution in [1.82, 2.24) is 10.1 Å². The van der Waals surface area contributed by atoms with Crippen molar-refractivity contribution in [3.8, 4) is 5.75 Å². The Morgan fingerprint density at radius 2 is 1.95 bits per heavy atom. The van der Waals surface area contributed by atoms with Crippen LogP contribution in [0.1, 0.15) is 45.0 Å². The van der Waals surface area contributed by atoms with E-state index >= 15 is 0 Å². The van der Waals surface area contributed by atoms with E-state index in [2.05, 4.69) is 37.0 Å². The second kappa shape index (κ2) is 5.43. The Morgan fingerprint density at radius 1 is 1.21 bits per heavy atom. The average molecular weight is 260 g/mol. The summed E-state index contributed by atoms with van der Waals surface area (Å²) in [7, 11) is 0. The molecule has 4 heteroatoms. The van der Waals surface area contributed by atoms with Gasteiger partial charge in [-0.25, -0.2) is 0 Å². The molecule has 0 saturated heterocycles. The van der Waals surface area contributed by atoms with Crippen LogP contribution < -0.4 is 4.74 Å². The van der Waals surface area contributed by atoms with E-state index in [0.717, 1.165) is 12.2 Å². The molecule has 1 aromatic heterocycles. The lowest BCUT2D eigenvalue weighted by atomic mass is 9.86. The topological polar surface area (TPSA) is 48.2 Å². The van der Waals surface area contributed by atoms with Crippen LogP contribution in [0.2, 0.25) is 0 Å². The Labute approximate surface area is 113 Å². The highest BCUT2D eigenvalue weighted by Crippen LogP contribution is 2.31. The first-order valence-corrected chi connectivity index (χ1v) is 6.54. The molecule has 0 unspecified atom stereocenters.